The van der Waals surface area contributed by atoms with Crippen molar-refractivity contribution in [3.05, 3.63) is 15.3 Å². The molecule has 0 aliphatic carbocycles. The molecule has 1 heterocycles. The van der Waals surface area contributed by atoms with E-state index in [9.17, 15) is 0 Å². The lowest BCUT2D eigenvalue weighted by Crippen LogP contribution is -2.26. The second-order valence-electron chi connectivity index (χ2n) is 2.97. The molecule has 0 amide bonds. The van der Waals surface area contributed by atoms with Crippen molar-refractivity contribution in [1.82, 2.24) is 10.2 Å². The molecule has 82 valence electrons. The summed E-state index contributed by atoms with van der Waals surface area (Å²) >= 11 is 18.6. The van der Waals surface area contributed by atoms with Gasteiger partial charge < -0.3 is 0 Å². The molecule has 0 saturated carbocycles. The first-order valence-electron chi connectivity index (χ1n) is 4.19. The molecule has 0 aliphatic heterocycles. The third-order valence-electron chi connectivity index (χ3n) is 1.74. The Morgan fingerprint density at radius 2 is 2.13 bits per heavy atom. The Balaban J connectivity index is 3.08. The summed E-state index contributed by atoms with van der Waals surface area (Å²) in [6.45, 7) is 2.10. The van der Waals surface area contributed by atoms with Crippen LogP contribution in [0.25, 0.3) is 0 Å². The first-order chi connectivity index (χ1) is 7.10. The van der Waals surface area contributed by atoms with Crippen molar-refractivity contribution >= 4 is 69.8 Å². The van der Waals surface area contributed by atoms with Crippen LogP contribution in [0.3, 0.4) is 0 Å². The highest BCUT2D eigenvalue weighted by atomic mass is 79.9. The molecule has 0 spiro atoms. The van der Waals surface area contributed by atoms with E-state index < -0.39 is 0 Å². The molecule has 15 heavy (non-hydrogen) atoms. The molecule has 2 radical (unpaired) electrons. The third kappa shape index (κ3) is 3.66. The van der Waals surface area contributed by atoms with E-state index in [1.807, 2.05) is 0 Å². The normalized spacial score (nSPS) is 12.9. The summed E-state index contributed by atoms with van der Waals surface area (Å²) in [6.07, 6.45) is 0. The van der Waals surface area contributed by atoms with Crippen LogP contribution in [-0.4, -0.2) is 25.6 Å². The lowest BCUT2D eigenvalue weighted by atomic mass is 10.3. The van der Waals surface area contributed by atoms with Crippen molar-refractivity contribution in [3.63, 3.8) is 0 Å². The van der Waals surface area contributed by atoms with Crippen molar-refractivity contribution in [2.24, 2.45) is 0 Å². The summed E-state index contributed by atoms with van der Waals surface area (Å²) in [5.41, 5.74) is 1.41. The van der Waals surface area contributed by atoms with Crippen molar-refractivity contribution in [1.29, 1.82) is 0 Å². The first kappa shape index (κ1) is 13.9. The molecule has 1 aromatic heterocycles. The van der Waals surface area contributed by atoms with Gasteiger partial charge in [-0.3, -0.25) is 0 Å². The van der Waals surface area contributed by atoms with Gasteiger partial charge in [0.2, 0.25) is 0 Å². The van der Waals surface area contributed by atoms with Gasteiger partial charge in [0.05, 0.1) is 9.52 Å². The number of nitrogens with zero attached hydrogens (tertiary/aromatic N) is 2. The van der Waals surface area contributed by atoms with Crippen molar-refractivity contribution < 1.29 is 0 Å². The molecule has 0 bridgehead atoms. The van der Waals surface area contributed by atoms with E-state index >= 15 is 0 Å². The number of aromatic nitrogens is 2. The maximum absolute atomic E-state index is 5.98. The van der Waals surface area contributed by atoms with E-state index in [4.69, 9.17) is 23.2 Å². The van der Waals surface area contributed by atoms with E-state index in [0.29, 0.717) is 31.4 Å². The van der Waals surface area contributed by atoms with Crippen LogP contribution in [0.4, 0.5) is 0 Å². The van der Waals surface area contributed by atoms with Crippen molar-refractivity contribution in [2.75, 3.05) is 5.88 Å². The average Bonchev–Trinajstić information content (AvgIpc) is 2.23. The van der Waals surface area contributed by atoms with Crippen LogP contribution in [-0.2, 0) is 5.33 Å². The molecule has 1 atom stereocenters. The third-order valence-corrected chi connectivity index (χ3v) is 5.77. The van der Waals surface area contributed by atoms with Gasteiger partial charge in [0, 0.05) is 16.8 Å². The Bertz CT molecular complexity index is 352. The summed E-state index contributed by atoms with van der Waals surface area (Å²) in [7, 11) is 0.583. The number of hydrogen-bond donors (Lipinski definition) is 0. The van der Waals surface area contributed by atoms with Gasteiger partial charge in [0.1, 0.15) is 4.60 Å². The quantitative estimate of drug-likeness (QED) is 0.583. The fourth-order valence-electron chi connectivity index (χ4n) is 0.979. The Morgan fingerprint density at radius 1 is 1.47 bits per heavy atom. The number of alkyl halides is 2. The lowest BCUT2D eigenvalue weighted by molar-refractivity contribution is 0.995. The second kappa shape index (κ2) is 6.54. The van der Waals surface area contributed by atoms with Gasteiger partial charge in [-0.15, -0.1) is 21.8 Å². The summed E-state index contributed by atoms with van der Waals surface area (Å²) in [5, 5.41) is 10.1. The molecule has 0 N–H and O–H groups in total. The molecule has 1 unspecified atom stereocenters. The Kier molecular flexibility index (Phi) is 6.06. The van der Waals surface area contributed by atoms with Gasteiger partial charge >= 0.3 is 0 Å². The van der Waals surface area contributed by atoms with Gasteiger partial charge in [0.15, 0.2) is 5.15 Å². The average molecular weight is 391 g/mol. The number of hydrogen-bond acceptors (Lipinski definition) is 2. The smallest absolute Gasteiger partial charge is 0.142 e. The predicted octanol–water partition coefficient (Wildman–Crippen LogP) is 3.16. The summed E-state index contributed by atoms with van der Waals surface area (Å²) in [5.74, 6) is 0.632. The summed E-state index contributed by atoms with van der Waals surface area (Å²) in [6, 6.07) is 0. The maximum atomic E-state index is 5.98. The minimum atomic E-state index is 0.418. The Hall–Kier alpha value is 0.837. The van der Waals surface area contributed by atoms with Crippen LogP contribution in [0.15, 0.2) is 4.60 Å². The Morgan fingerprint density at radius 3 is 2.67 bits per heavy atom. The van der Waals surface area contributed by atoms with E-state index in [-0.39, 0.29) is 0 Å². The molecule has 2 nitrogen and oxygen atoms in total. The van der Waals surface area contributed by atoms with E-state index in [0.717, 1.165) is 15.4 Å². The van der Waals surface area contributed by atoms with E-state index in [1.165, 1.54) is 0 Å². The molecule has 1 aromatic rings. The zero-order valence-electron chi connectivity index (χ0n) is 7.90. The highest BCUT2D eigenvalue weighted by molar-refractivity contribution is 9.10. The second-order valence-corrected chi connectivity index (χ2v) is 6.72. The molecule has 0 aromatic carbocycles. The van der Waals surface area contributed by atoms with Crippen molar-refractivity contribution in [2.45, 2.75) is 17.8 Å². The zero-order valence-corrected chi connectivity index (χ0v) is 13.6. The van der Waals surface area contributed by atoms with Crippen LogP contribution in [0.5, 0.6) is 0 Å². The topological polar surface area (TPSA) is 25.8 Å². The Labute approximate surface area is 118 Å². The fourth-order valence-corrected chi connectivity index (χ4v) is 4.24. The van der Waals surface area contributed by atoms with Crippen LogP contribution < -0.4 is 5.19 Å². The van der Waals surface area contributed by atoms with E-state index in [2.05, 4.69) is 49.0 Å². The van der Waals surface area contributed by atoms with Gasteiger partial charge in [0.25, 0.3) is 0 Å². The molecule has 0 saturated heterocycles. The fraction of sp³-hybridized carbons (Fsp3) is 0.500. The highest BCUT2D eigenvalue weighted by Crippen LogP contribution is 2.18. The maximum Gasteiger partial charge on any atom is 0.155 e. The molecule has 0 aliphatic rings. The van der Waals surface area contributed by atoms with Gasteiger partial charge in [-0.05, 0) is 26.7 Å². The predicted molar refractivity (Wildman–Crippen MR) is 72.9 cm³/mol. The summed E-state index contributed by atoms with van der Waals surface area (Å²) < 4.78 is 0.761. The van der Waals surface area contributed by atoms with Crippen LogP contribution in [0.1, 0.15) is 12.5 Å². The zero-order chi connectivity index (χ0) is 11.4. The number of halogens is 4. The largest absolute Gasteiger partial charge is 0.155 e. The summed E-state index contributed by atoms with van der Waals surface area (Å²) in [4.78, 5) is 0. The van der Waals surface area contributed by atoms with Crippen molar-refractivity contribution in [3.8, 4) is 0 Å². The van der Waals surface area contributed by atoms with Crippen LogP contribution in [0.2, 0.25) is 10.7 Å². The standard InChI is InChI=1S/C8H8Br2Cl2N2Si/c1-4(3-11)15-6-5(2-9)8(12)14-13-7(6)10/h4H,2-3H2,1H3. The van der Waals surface area contributed by atoms with Crippen LogP contribution >= 0.6 is 55.1 Å². The highest BCUT2D eigenvalue weighted by Gasteiger charge is 2.16. The first-order valence-corrected chi connectivity index (χ1v) is 8.09. The SMILES string of the molecule is CC(CCl)[Si]c1c(Br)nnc(Cl)c1CBr. The van der Waals surface area contributed by atoms with Crippen LogP contribution in [0, 0.1) is 0 Å². The monoisotopic (exact) mass is 388 g/mol. The molecule has 7 heteroatoms. The number of rotatable bonds is 4. The van der Waals surface area contributed by atoms with Gasteiger partial charge in [-0.25, -0.2) is 0 Å². The van der Waals surface area contributed by atoms with Gasteiger partial charge in [-0.2, -0.15) is 0 Å². The minimum absolute atomic E-state index is 0.418. The van der Waals surface area contributed by atoms with Gasteiger partial charge in [-0.1, -0.05) is 34.5 Å². The molecule has 0 fully saturated rings. The molecular formula is C8H8Br2Cl2N2Si. The molecular weight excluding hydrogens is 383 g/mol. The molecule has 1 rings (SSSR count). The minimum Gasteiger partial charge on any atom is -0.142 e. The lowest BCUT2D eigenvalue weighted by Gasteiger charge is -2.11. The van der Waals surface area contributed by atoms with E-state index in [1.54, 1.807) is 0 Å².